The standard InChI is InChI=1S/C20H24N6OS/c27-19(17-7-9-26(23-17)15-4-3-8-21-14-15)24-10-12-25(13-11-24)20-22-16-5-1-2-6-18(16)28-20/h1-2,5-7,9,15,21H,3-4,8,10-14H2. The van der Waals surface area contributed by atoms with Crippen LogP contribution in [0, 0.1) is 0 Å². The van der Waals surface area contributed by atoms with Crippen LogP contribution >= 0.6 is 11.3 Å². The number of piperazine rings is 1. The van der Waals surface area contributed by atoms with E-state index in [-0.39, 0.29) is 5.91 Å². The van der Waals surface area contributed by atoms with Crippen LogP contribution in [0.4, 0.5) is 5.13 Å². The highest BCUT2D eigenvalue weighted by Crippen LogP contribution is 2.29. The zero-order chi connectivity index (χ0) is 18.9. The Balaban J connectivity index is 1.22. The molecule has 2 saturated heterocycles. The summed E-state index contributed by atoms with van der Waals surface area (Å²) in [7, 11) is 0. The molecule has 1 aromatic carbocycles. The van der Waals surface area contributed by atoms with Crippen molar-refractivity contribution >= 4 is 32.6 Å². The Labute approximate surface area is 168 Å². The molecule has 4 heterocycles. The molecule has 0 spiro atoms. The first-order valence-electron chi connectivity index (χ1n) is 9.93. The maximum Gasteiger partial charge on any atom is 0.274 e. The molecular weight excluding hydrogens is 372 g/mol. The molecule has 2 aromatic heterocycles. The van der Waals surface area contributed by atoms with Gasteiger partial charge < -0.3 is 15.1 Å². The Morgan fingerprint density at radius 2 is 2.00 bits per heavy atom. The van der Waals surface area contributed by atoms with Gasteiger partial charge in [0, 0.05) is 38.9 Å². The molecule has 1 amide bonds. The summed E-state index contributed by atoms with van der Waals surface area (Å²) in [6.07, 6.45) is 4.22. The van der Waals surface area contributed by atoms with Gasteiger partial charge in [-0.25, -0.2) is 4.98 Å². The number of hydrogen-bond acceptors (Lipinski definition) is 6. The smallest absolute Gasteiger partial charge is 0.274 e. The Hall–Kier alpha value is -2.45. The molecule has 1 N–H and O–H groups in total. The number of aromatic nitrogens is 3. The number of amides is 1. The molecule has 2 fully saturated rings. The third kappa shape index (κ3) is 3.38. The number of carbonyl (C=O) groups excluding carboxylic acids is 1. The van der Waals surface area contributed by atoms with Crippen LogP contribution in [0.15, 0.2) is 36.5 Å². The Morgan fingerprint density at radius 1 is 1.14 bits per heavy atom. The first-order valence-corrected chi connectivity index (χ1v) is 10.8. The lowest BCUT2D eigenvalue weighted by molar-refractivity contribution is 0.0739. The predicted octanol–water partition coefficient (Wildman–Crippen LogP) is 2.38. The highest BCUT2D eigenvalue weighted by molar-refractivity contribution is 7.22. The van der Waals surface area contributed by atoms with E-state index in [1.54, 1.807) is 11.3 Å². The quantitative estimate of drug-likeness (QED) is 0.736. The molecule has 0 radical (unpaired) electrons. The minimum atomic E-state index is 0.0338. The fourth-order valence-electron chi connectivity index (χ4n) is 3.97. The average molecular weight is 397 g/mol. The Morgan fingerprint density at radius 3 is 2.79 bits per heavy atom. The number of nitrogens with zero attached hydrogens (tertiary/aromatic N) is 5. The van der Waals surface area contributed by atoms with Crippen molar-refractivity contribution in [1.29, 1.82) is 0 Å². The largest absolute Gasteiger partial charge is 0.345 e. The Bertz CT molecular complexity index is 935. The van der Waals surface area contributed by atoms with E-state index < -0.39 is 0 Å². The summed E-state index contributed by atoms with van der Waals surface area (Å²) in [4.78, 5) is 21.8. The van der Waals surface area contributed by atoms with Gasteiger partial charge in [0.25, 0.3) is 5.91 Å². The molecule has 28 heavy (non-hydrogen) atoms. The second-order valence-corrected chi connectivity index (χ2v) is 8.43. The molecule has 146 valence electrons. The van der Waals surface area contributed by atoms with Crippen molar-refractivity contribution in [3.8, 4) is 0 Å². The average Bonchev–Trinajstić information content (AvgIpc) is 3.41. The molecule has 0 saturated carbocycles. The molecule has 1 unspecified atom stereocenters. The summed E-state index contributed by atoms with van der Waals surface area (Å²) in [6, 6.07) is 10.4. The number of anilines is 1. The number of rotatable bonds is 3. The molecule has 8 heteroatoms. The van der Waals surface area contributed by atoms with E-state index in [4.69, 9.17) is 4.98 Å². The summed E-state index contributed by atoms with van der Waals surface area (Å²) in [5.41, 5.74) is 1.60. The van der Waals surface area contributed by atoms with Gasteiger partial charge >= 0.3 is 0 Å². The second-order valence-electron chi connectivity index (χ2n) is 7.42. The lowest BCUT2D eigenvalue weighted by atomic mass is 10.1. The maximum atomic E-state index is 12.9. The van der Waals surface area contributed by atoms with Crippen molar-refractivity contribution in [2.45, 2.75) is 18.9 Å². The molecule has 0 bridgehead atoms. The van der Waals surface area contributed by atoms with E-state index in [9.17, 15) is 4.79 Å². The molecule has 3 aromatic rings. The lowest BCUT2D eigenvalue weighted by Crippen LogP contribution is -2.49. The van der Waals surface area contributed by atoms with Crippen molar-refractivity contribution in [3.05, 3.63) is 42.2 Å². The van der Waals surface area contributed by atoms with Gasteiger partial charge in [0.05, 0.1) is 16.3 Å². The van der Waals surface area contributed by atoms with E-state index >= 15 is 0 Å². The van der Waals surface area contributed by atoms with E-state index in [0.29, 0.717) is 24.8 Å². The van der Waals surface area contributed by atoms with E-state index in [0.717, 1.165) is 49.7 Å². The van der Waals surface area contributed by atoms with Gasteiger partial charge in [0.2, 0.25) is 0 Å². The van der Waals surface area contributed by atoms with Crippen LogP contribution < -0.4 is 10.2 Å². The van der Waals surface area contributed by atoms with Gasteiger partial charge in [0.15, 0.2) is 5.13 Å². The minimum absolute atomic E-state index is 0.0338. The number of thiazole rings is 1. The van der Waals surface area contributed by atoms with Gasteiger partial charge in [-0.15, -0.1) is 0 Å². The summed E-state index contributed by atoms with van der Waals surface area (Å²) in [5, 5.41) is 9.02. The number of para-hydroxylation sites is 1. The fourth-order valence-corrected chi connectivity index (χ4v) is 4.99. The number of nitrogens with one attached hydrogen (secondary N) is 1. The fraction of sp³-hybridized carbons (Fsp3) is 0.450. The van der Waals surface area contributed by atoms with Crippen molar-refractivity contribution in [3.63, 3.8) is 0 Å². The number of benzene rings is 1. The SMILES string of the molecule is O=C(c1ccn(C2CCCNC2)n1)N1CCN(c2nc3ccccc3s2)CC1. The highest BCUT2D eigenvalue weighted by atomic mass is 32.1. The summed E-state index contributed by atoms with van der Waals surface area (Å²) < 4.78 is 3.16. The van der Waals surface area contributed by atoms with Crippen LogP contribution in [-0.4, -0.2) is 64.8 Å². The highest BCUT2D eigenvalue weighted by Gasteiger charge is 2.26. The first-order chi connectivity index (χ1) is 13.8. The van der Waals surface area contributed by atoms with Crippen LogP contribution in [-0.2, 0) is 0 Å². The van der Waals surface area contributed by atoms with Gasteiger partial charge in [-0.2, -0.15) is 5.10 Å². The molecule has 1 atom stereocenters. The molecule has 7 nitrogen and oxygen atoms in total. The number of piperidine rings is 1. The number of hydrogen-bond donors (Lipinski definition) is 1. The third-order valence-corrected chi connectivity index (χ3v) is 6.69. The summed E-state index contributed by atoms with van der Waals surface area (Å²) >= 11 is 1.72. The van der Waals surface area contributed by atoms with E-state index in [1.807, 2.05) is 40.0 Å². The van der Waals surface area contributed by atoms with Crippen LogP contribution in [0.2, 0.25) is 0 Å². The predicted molar refractivity (Wildman–Crippen MR) is 111 cm³/mol. The second kappa shape index (κ2) is 7.52. The summed E-state index contributed by atoms with van der Waals surface area (Å²) in [5.74, 6) is 0.0338. The lowest BCUT2D eigenvalue weighted by Gasteiger charge is -2.34. The van der Waals surface area contributed by atoms with Crippen molar-refractivity contribution in [2.75, 3.05) is 44.2 Å². The zero-order valence-corrected chi connectivity index (χ0v) is 16.6. The first kappa shape index (κ1) is 17.6. The third-order valence-electron chi connectivity index (χ3n) is 5.59. The monoisotopic (exact) mass is 396 g/mol. The summed E-state index contributed by atoms with van der Waals surface area (Å²) in [6.45, 7) is 5.01. The topological polar surface area (TPSA) is 66.3 Å². The maximum absolute atomic E-state index is 12.9. The number of carbonyl (C=O) groups is 1. The van der Waals surface area contributed by atoms with E-state index in [2.05, 4.69) is 21.4 Å². The van der Waals surface area contributed by atoms with Gasteiger partial charge in [-0.05, 0) is 37.6 Å². The van der Waals surface area contributed by atoms with Gasteiger partial charge in [-0.3, -0.25) is 9.48 Å². The molecular formula is C20H24N6OS. The van der Waals surface area contributed by atoms with Gasteiger partial charge in [0.1, 0.15) is 5.69 Å². The molecule has 0 aliphatic carbocycles. The van der Waals surface area contributed by atoms with Crippen LogP contribution in [0.3, 0.4) is 0 Å². The van der Waals surface area contributed by atoms with Crippen molar-refractivity contribution in [1.82, 2.24) is 25.0 Å². The zero-order valence-electron chi connectivity index (χ0n) is 15.8. The Kier molecular flexibility index (Phi) is 4.74. The molecule has 2 aliphatic heterocycles. The van der Waals surface area contributed by atoms with Crippen LogP contribution in [0.1, 0.15) is 29.4 Å². The minimum Gasteiger partial charge on any atom is -0.345 e. The molecule has 2 aliphatic rings. The van der Waals surface area contributed by atoms with Crippen LogP contribution in [0.5, 0.6) is 0 Å². The van der Waals surface area contributed by atoms with Gasteiger partial charge in [-0.1, -0.05) is 23.5 Å². The van der Waals surface area contributed by atoms with Crippen LogP contribution in [0.25, 0.3) is 10.2 Å². The number of fused-ring (bicyclic) bond motifs is 1. The van der Waals surface area contributed by atoms with E-state index in [1.165, 1.54) is 4.70 Å². The molecule has 5 rings (SSSR count). The normalized spacial score (nSPS) is 20.6. The van der Waals surface area contributed by atoms with Crippen molar-refractivity contribution < 1.29 is 4.79 Å². The van der Waals surface area contributed by atoms with Crippen molar-refractivity contribution in [2.24, 2.45) is 0 Å².